The van der Waals surface area contributed by atoms with E-state index in [2.05, 4.69) is 4.98 Å². The van der Waals surface area contributed by atoms with Gasteiger partial charge in [0.1, 0.15) is 17.6 Å². The van der Waals surface area contributed by atoms with Gasteiger partial charge in [0, 0.05) is 19.7 Å². The topological polar surface area (TPSA) is 96.6 Å². The summed E-state index contributed by atoms with van der Waals surface area (Å²) < 4.78 is 0. The number of anilines is 1. The third kappa shape index (κ3) is 2.81. The molecule has 1 fully saturated rings. The molecule has 2 rings (SSSR count). The highest BCUT2D eigenvalue weighted by atomic mass is 16.6. The Morgan fingerprint density at radius 1 is 1.63 bits per heavy atom. The predicted octanol–water partition coefficient (Wildman–Crippen LogP) is 1.92. The third-order valence-corrected chi connectivity index (χ3v) is 3.41. The fourth-order valence-corrected chi connectivity index (χ4v) is 2.16. The second-order valence-electron chi connectivity index (χ2n) is 4.80. The van der Waals surface area contributed by atoms with E-state index in [1.165, 1.54) is 6.42 Å². The van der Waals surface area contributed by atoms with Crippen molar-refractivity contribution in [2.45, 2.75) is 19.3 Å². The first-order chi connectivity index (χ1) is 8.99. The summed E-state index contributed by atoms with van der Waals surface area (Å²) in [4.78, 5) is 26.9. The lowest BCUT2D eigenvalue weighted by molar-refractivity contribution is -0.385. The van der Waals surface area contributed by atoms with Gasteiger partial charge in [-0.3, -0.25) is 10.1 Å². The number of nitro groups is 1. The van der Waals surface area contributed by atoms with Crippen molar-refractivity contribution in [2.75, 3.05) is 18.5 Å². The molecule has 102 valence electrons. The monoisotopic (exact) mass is 265 g/mol. The van der Waals surface area contributed by atoms with E-state index < -0.39 is 10.9 Å². The Morgan fingerprint density at radius 2 is 2.32 bits per heavy atom. The van der Waals surface area contributed by atoms with E-state index in [1.54, 1.807) is 11.9 Å². The van der Waals surface area contributed by atoms with Gasteiger partial charge in [0.2, 0.25) is 0 Å². The summed E-state index contributed by atoms with van der Waals surface area (Å²) in [5.74, 6) is -0.361. The van der Waals surface area contributed by atoms with Crippen LogP contribution in [0.5, 0.6) is 0 Å². The smallest absolute Gasteiger partial charge is 0.339 e. The van der Waals surface area contributed by atoms with Crippen LogP contribution in [0.1, 0.15) is 29.6 Å². The maximum atomic E-state index is 11.2. The molecule has 1 aliphatic carbocycles. The molecule has 7 heteroatoms. The minimum Gasteiger partial charge on any atom is -0.478 e. The number of pyridine rings is 1. The molecule has 7 nitrogen and oxygen atoms in total. The van der Waals surface area contributed by atoms with Crippen LogP contribution in [0.4, 0.5) is 11.5 Å². The zero-order valence-electron chi connectivity index (χ0n) is 10.6. The Bertz CT molecular complexity index is 514. The van der Waals surface area contributed by atoms with Crippen LogP contribution >= 0.6 is 0 Å². The van der Waals surface area contributed by atoms with Gasteiger partial charge in [0.05, 0.1) is 4.92 Å². The lowest BCUT2D eigenvalue weighted by Crippen LogP contribution is -2.31. The average Bonchev–Trinajstić information content (AvgIpc) is 2.32. The van der Waals surface area contributed by atoms with Crippen LogP contribution in [0.15, 0.2) is 12.3 Å². The Hall–Kier alpha value is -2.18. The standard InChI is InChI=1S/C12H15N3O4/c1-14(7-8-3-2-4-8)11-10(12(16)17)5-9(6-13-11)15(18)19/h5-6,8H,2-4,7H2,1H3,(H,16,17). The van der Waals surface area contributed by atoms with Crippen LogP contribution in [0.2, 0.25) is 0 Å². The van der Waals surface area contributed by atoms with Crippen molar-refractivity contribution in [3.05, 3.63) is 27.9 Å². The second-order valence-corrected chi connectivity index (χ2v) is 4.80. The number of aromatic nitrogens is 1. The number of carboxylic acid groups (broad SMARTS) is 1. The van der Waals surface area contributed by atoms with Crippen LogP contribution < -0.4 is 4.90 Å². The van der Waals surface area contributed by atoms with Gasteiger partial charge in [-0.2, -0.15) is 0 Å². The molecule has 0 spiro atoms. The molecule has 19 heavy (non-hydrogen) atoms. The van der Waals surface area contributed by atoms with Gasteiger partial charge in [-0.15, -0.1) is 0 Å². The summed E-state index contributed by atoms with van der Waals surface area (Å²) in [6.07, 6.45) is 4.58. The third-order valence-electron chi connectivity index (χ3n) is 3.41. The first-order valence-electron chi connectivity index (χ1n) is 6.08. The molecule has 1 heterocycles. The van der Waals surface area contributed by atoms with E-state index in [0.29, 0.717) is 5.92 Å². The van der Waals surface area contributed by atoms with Crippen molar-refractivity contribution in [3.8, 4) is 0 Å². The Kier molecular flexibility index (Phi) is 3.64. The van der Waals surface area contributed by atoms with Crippen molar-refractivity contribution < 1.29 is 14.8 Å². The molecular formula is C12H15N3O4. The van der Waals surface area contributed by atoms with Gasteiger partial charge >= 0.3 is 5.97 Å². The lowest BCUT2D eigenvalue weighted by Gasteiger charge is -2.31. The van der Waals surface area contributed by atoms with Crippen LogP contribution in [-0.2, 0) is 0 Å². The van der Waals surface area contributed by atoms with E-state index >= 15 is 0 Å². The zero-order chi connectivity index (χ0) is 14.0. The van der Waals surface area contributed by atoms with Crippen LogP contribution in [-0.4, -0.2) is 34.6 Å². The number of nitrogens with zero attached hydrogens (tertiary/aromatic N) is 3. The van der Waals surface area contributed by atoms with Crippen molar-refractivity contribution in [2.24, 2.45) is 5.92 Å². The molecule has 0 radical (unpaired) electrons. The first kappa shape index (κ1) is 13.3. The highest BCUT2D eigenvalue weighted by Gasteiger charge is 2.24. The molecular weight excluding hydrogens is 250 g/mol. The molecule has 0 aromatic carbocycles. The summed E-state index contributed by atoms with van der Waals surface area (Å²) in [7, 11) is 1.76. The molecule has 1 aliphatic rings. The number of hydrogen-bond acceptors (Lipinski definition) is 5. The summed E-state index contributed by atoms with van der Waals surface area (Å²) in [6.45, 7) is 0.727. The van der Waals surface area contributed by atoms with Crippen molar-refractivity contribution in [1.82, 2.24) is 4.98 Å². The van der Waals surface area contributed by atoms with Gasteiger partial charge in [0.15, 0.2) is 0 Å². The Morgan fingerprint density at radius 3 is 2.79 bits per heavy atom. The molecule has 0 unspecified atom stereocenters. The SMILES string of the molecule is CN(CC1CCC1)c1ncc([N+](=O)[O-])cc1C(=O)O. The second kappa shape index (κ2) is 5.21. The van der Waals surface area contributed by atoms with E-state index in [1.807, 2.05) is 0 Å². The predicted molar refractivity (Wildman–Crippen MR) is 68.5 cm³/mol. The van der Waals surface area contributed by atoms with Crippen molar-refractivity contribution >= 4 is 17.5 Å². The number of aromatic carboxylic acids is 1. The number of carboxylic acids is 1. The minimum absolute atomic E-state index is 0.129. The van der Waals surface area contributed by atoms with Crippen LogP contribution in [0.3, 0.4) is 0 Å². The molecule has 1 aromatic rings. The van der Waals surface area contributed by atoms with E-state index in [-0.39, 0.29) is 17.1 Å². The van der Waals surface area contributed by atoms with Crippen LogP contribution in [0.25, 0.3) is 0 Å². The highest BCUT2D eigenvalue weighted by Crippen LogP contribution is 2.29. The molecule has 0 saturated heterocycles. The number of rotatable bonds is 5. The molecule has 0 aliphatic heterocycles. The summed E-state index contributed by atoms with van der Waals surface area (Å²) >= 11 is 0. The maximum Gasteiger partial charge on any atom is 0.339 e. The quantitative estimate of drug-likeness (QED) is 0.645. The Balaban J connectivity index is 2.27. The van der Waals surface area contributed by atoms with Gasteiger partial charge in [-0.05, 0) is 18.8 Å². The fraction of sp³-hybridized carbons (Fsp3) is 0.500. The maximum absolute atomic E-state index is 11.2. The van der Waals surface area contributed by atoms with E-state index in [4.69, 9.17) is 5.11 Å². The molecule has 0 atom stereocenters. The van der Waals surface area contributed by atoms with Gasteiger partial charge in [-0.25, -0.2) is 9.78 Å². The van der Waals surface area contributed by atoms with Crippen LogP contribution in [0, 0.1) is 16.0 Å². The summed E-state index contributed by atoms with van der Waals surface area (Å²) in [5, 5.41) is 19.8. The van der Waals surface area contributed by atoms with E-state index in [0.717, 1.165) is 31.6 Å². The van der Waals surface area contributed by atoms with Gasteiger partial charge in [0.25, 0.3) is 5.69 Å². The molecule has 1 saturated carbocycles. The molecule has 1 aromatic heterocycles. The normalized spacial score (nSPS) is 14.8. The van der Waals surface area contributed by atoms with Crippen molar-refractivity contribution in [1.29, 1.82) is 0 Å². The number of carbonyl (C=O) groups is 1. The van der Waals surface area contributed by atoms with Gasteiger partial charge < -0.3 is 10.0 Å². The van der Waals surface area contributed by atoms with E-state index in [9.17, 15) is 14.9 Å². The minimum atomic E-state index is -1.20. The van der Waals surface area contributed by atoms with Gasteiger partial charge in [-0.1, -0.05) is 6.42 Å². The molecule has 0 amide bonds. The largest absolute Gasteiger partial charge is 0.478 e. The fourth-order valence-electron chi connectivity index (χ4n) is 2.16. The summed E-state index contributed by atoms with van der Waals surface area (Å²) in [5.41, 5.74) is -0.436. The summed E-state index contributed by atoms with van der Waals surface area (Å²) in [6, 6.07) is 1.06. The average molecular weight is 265 g/mol. The van der Waals surface area contributed by atoms with Crippen molar-refractivity contribution in [3.63, 3.8) is 0 Å². The molecule has 0 bridgehead atoms. The lowest BCUT2D eigenvalue weighted by atomic mass is 9.85. The number of hydrogen-bond donors (Lipinski definition) is 1. The zero-order valence-corrected chi connectivity index (χ0v) is 10.6. The highest BCUT2D eigenvalue weighted by molar-refractivity contribution is 5.94. The Labute approximate surface area is 110 Å². The first-order valence-corrected chi connectivity index (χ1v) is 6.08. The molecule has 1 N–H and O–H groups in total.